The van der Waals surface area contributed by atoms with E-state index in [0.717, 1.165) is 0 Å². The highest BCUT2D eigenvalue weighted by atomic mass is 35.5. The van der Waals surface area contributed by atoms with Crippen LogP contribution in [0.25, 0.3) is 0 Å². The highest BCUT2D eigenvalue weighted by Gasteiger charge is 2.18. The van der Waals surface area contributed by atoms with Crippen LogP contribution in [0.4, 0.5) is 0 Å². The molecule has 0 amide bonds. The van der Waals surface area contributed by atoms with Gasteiger partial charge in [0.1, 0.15) is 0 Å². The zero-order valence-electron chi connectivity index (χ0n) is 8.41. The molecule has 1 N–H and O–H groups in total. The zero-order chi connectivity index (χ0) is 12.1. The normalized spacial score (nSPS) is 11.3. The first-order valence-electron chi connectivity index (χ1n) is 4.44. The molecule has 6 heteroatoms. The van der Waals surface area contributed by atoms with Gasteiger partial charge in [0.2, 0.25) is 0 Å². The third-order valence-corrected chi connectivity index (χ3v) is 2.30. The Hall–Kier alpha value is -1.26. The van der Waals surface area contributed by atoms with Gasteiger partial charge in [0.15, 0.2) is 5.71 Å². The average Bonchev–Trinajstić information content (AvgIpc) is 2.22. The van der Waals surface area contributed by atoms with E-state index in [1.807, 2.05) is 0 Å². The van der Waals surface area contributed by atoms with Crippen molar-refractivity contribution < 1.29 is 14.7 Å². The molecule has 0 radical (unpaired) electrons. The summed E-state index contributed by atoms with van der Waals surface area (Å²) in [4.78, 5) is 11.4. The number of benzene rings is 1. The van der Waals surface area contributed by atoms with Crippen LogP contribution in [-0.4, -0.2) is 23.5 Å². The number of hydrogen-bond donors (Lipinski definition) is 1. The quantitative estimate of drug-likeness (QED) is 0.394. The predicted octanol–water partition coefficient (Wildman–Crippen LogP) is 2.73. The van der Waals surface area contributed by atoms with Crippen LogP contribution in [0.3, 0.4) is 0 Å². The number of oxime groups is 1. The van der Waals surface area contributed by atoms with Crippen LogP contribution in [0.2, 0.25) is 10.0 Å². The van der Waals surface area contributed by atoms with E-state index in [9.17, 15) is 4.79 Å². The minimum Gasteiger partial charge on any atom is -0.461 e. The smallest absolute Gasteiger partial charge is 0.361 e. The van der Waals surface area contributed by atoms with Gasteiger partial charge in [-0.25, -0.2) is 4.79 Å². The lowest BCUT2D eigenvalue weighted by molar-refractivity contribution is -0.135. The third-order valence-electron chi connectivity index (χ3n) is 1.76. The first-order chi connectivity index (χ1) is 7.60. The molecule has 1 aromatic carbocycles. The fourth-order valence-corrected chi connectivity index (χ4v) is 1.58. The minimum atomic E-state index is -0.741. The summed E-state index contributed by atoms with van der Waals surface area (Å²) < 4.78 is 4.71. The SMILES string of the molecule is CCOC(=O)/C(=N\O)c1ccc(Cl)cc1Cl. The van der Waals surface area contributed by atoms with Gasteiger partial charge in [0.05, 0.1) is 11.6 Å². The van der Waals surface area contributed by atoms with Gasteiger partial charge in [-0.1, -0.05) is 28.4 Å². The van der Waals surface area contributed by atoms with Gasteiger partial charge in [0.25, 0.3) is 0 Å². The van der Waals surface area contributed by atoms with Gasteiger partial charge in [-0.05, 0) is 25.1 Å². The van der Waals surface area contributed by atoms with E-state index >= 15 is 0 Å². The van der Waals surface area contributed by atoms with Crippen LogP contribution in [0.15, 0.2) is 23.4 Å². The van der Waals surface area contributed by atoms with Crippen molar-refractivity contribution in [2.75, 3.05) is 6.61 Å². The number of carbonyl (C=O) groups is 1. The van der Waals surface area contributed by atoms with Crippen molar-refractivity contribution in [3.63, 3.8) is 0 Å². The van der Waals surface area contributed by atoms with Crippen molar-refractivity contribution in [3.05, 3.63) is 33.8 Å². The Morgan fingerprint density at radius 3 is 2.69 bits per heavy atom. The van der Waals surface area contributed by atoms with Gasteiger partial charge in [-0.3, -0.25) is 0 Å². The molecule has 0 unspecified atom stereocenters. The number of rotatable bonds is 3. The molecule has 0 spiro atoms. The van der Waals surface area contributed by atoms with Crippen molar-refractivity contribution in [2.45, 2.75) is 6.92 Å². The Balaban J connectivity index is 3.10. The maximum absolute atomic E-state index is 11.4. The average molecular weight is 262 g/mol. The summed E-state index contributed by atoms with van der Waals surface area (Å²) in [6, 6.07) is 4.46. The molecule has 1 rings (SSSR count). The first kappa shape index (κ1) is 12.8. The predicted molar refractivity (Wildman–Crippen MR) is 61.4 cm³/mol. The molecule has 0 aliphatic rings. The topological polar surface area (TPSA) is 58.9 Å². The van der Waals surface area contributed by atoms with Gasteiger partial charge in [-0.2, -0.15) is 0 Å². The highest BCUT2D eigenvalue weighted by Crippen LogP contribution is 2.22. The molecule has 0 saturated heterocycles. The van der Waals surface area contributed by atoms with Crippen LogP contribution in [-0.2, 0) is 9.53 Å². The number of nitrogens with zero attached hydrogens (tertiary/aromatic N) is 1. The molecular weight excluding hydrogens is 253 g/mol. The molecule has 0 atom stereocenters. The van der Waals surface area contributed by atoms with E-state index < -0.39 is 5.97 Å². The lowest BCUT2D eigenvalue weighted by Gasteiger charge is -2.06. The molecule has 4 nitrogen and oxygen atoms in total. The van der Waals surface area contributed by atoms with Crippen LogP contribution in [0.5, 0.6) is 0 Å². The summed E-state index contributed by atoms with van der Waals surface area (Å²) in [6.45, 7) is 1.83. The second-order valence-electron chi connectivity index (χ2n) is 2.79. The fraction of sp³-hybridized carbons (Fsp3) is 0.200. The number of ether oxygens (including phenoxy) is 1. The molecule has 0 heterocycles. The van der Waals surface area contributed by atoms with Crippen molar-refractivity contribution >= 4 is 34.9 Å². The summed E-state index contributed by atoms with van der Waals surface area (Å²) in [7, 11) is 0. The number of halogens is 2. The summed E-state index contributed by atoms with van der Waals surface area (Å²) >= 11 is 11.6. The lowest BCUT2D eigenvalue weighted by atomic mass is 10.1. The molecule has 1 aromatic rings. The second-order valence-corrected chi connectivity index (χ2v) is 3.64. The van der Waals surface area contributed by atoms with Crippen LogP contribution in [0, 0.1) is 0 Å². The van der Waals surface area contributed by atoms with Crippen LogP contribution in [0.1, 0.15) is 12.5 Å². The Labute approximate surface area is 102 Å². The Morgan fingerprint density at radius 2 is 2.19 bits per heavy atom. The maximum atomic E-state index is 11.4. The summed E-state index contributed by atoms with van der Waals surface area (Å²) in [6.07, 6.45) is 0. The molecule has 0 aliphatic carbocycles. The summed E-state index contributed by atoms with van der Waals surface area (Å²) in [5.74, 6) is -0.741. The van der Waals surface area contributed by atoms with E-state index in [0.29, 0.717) is 5.02 Å². The maximum Gasteiger partial charge on any atom is 0.361 e. The molecule has 0 saturated carbocycles. The zero-order valence-corrected chi connectivity index (χ0v) is 9.92. The number of carbonyl (C=O) groups excluding carboxylic acids is 1. The van der Waals surface area contributed by atoms with Crippen molar-refractivity contribution in [2.24, 2.45) is 5.16 Å². The van der Waals surface area contributed by atoms with E-state index in [-0.39, 0.29) is 22.9 Å². The number of hydrogen-bond acceptors (Lipinski definition) is 4. The second kappa shape index (κ2) is 5.72. The monoisotopic (exact) mass is 261 g/mol. The summed E-state index contributed by atoms with van der Waals surface area (Å²) in [5.41, 5.74) is 0.0236. The van der Waals surface area contributed by atoms with Crippen LogP contribution >= 0.6 is 23.2 Å². The fourth-order valence-electron chi connectivity index (χ4n) is 1.09. The molecule has 0 bridgehead atoms. The molecule has 0 aliphatic heterocycles. The Kier molecular flexibility index (Phi) is 4.58. The van der Waals surface area contributed by atoms with Gasteiger partial charge in [0, 0.05) is 10.6 Å². The molecule has 86 valence electrons. The van der Waals surface area contributed by atoms with E-state index in [1.54, 1.807) is 6.92 Å². The van der Waals surface area contributed by atoms with E-state index in [1.165, 1.54) is 18.2 Å². The van der Waals surface area contributed by atoms with Gasteiger partial charge in [-0.15, -0.1) is 0 Å². The minimum absolute atomic E-state index is 0.184. The first-order valence-corrected chi connectivity index (χ1v) is 5.20. The standard InChI is InChI=1S/C10H9Cl2NO3/c1-2-16-10(14)9(13-15)7-4-3-6(11)5-8(7)12/h3-5,15H,2H2,1H3/b13-9-. The molecule has 16 heavy (non-hydrogen) atoms. The van der Waals surface area contributed by atoms with Gasteiger partial charge >= 0.3 is 5.97 Å². The van der Waals surface area contributed by atoms with Crippen molar-refractivity contribution in [1.82, 2.24) is 0 Å². The van der Waals surface area contributed by atoms with Crippen molar-refractivity contribution in [1.29, 1.82) is 0 Å². The molecule has 0 fully saturated rings. The Bertz CT molecular complexity index is 432. The van der Waals surface area contributed by atoms with E-state index in [2.05, 4.69) is 5.16 Å². The Morgan fingerprint density at radius 1 is 1.50 bits per heavy atom. The van der Waals surface area contributed by atoms with Crippen molar-refractivity contribution in [3.8, 4) is 0 Å². The third kappa shape index (κ3) is 2.87. The van der Waals surface area contributed by atoms with Crippen LogP contribution < -0.4 is 0 Å². The van der Waals surface area contributed by atoms with E-state index in [4.69, 9.17) is 33.1 Å². The molecule has 0 aromatic heterocycles. The van der Waals surface area contributed by atoms with Gasteiger partial charge < -0.3 is 9.94 Å². The molecular formula is C10H9Cl2NO3. The summed E-state index contributed by atoms with van der Waals surface area (Å²) in [5, 5.41) is 12.3. The highest BCUT2D eigenvalue weighted by molar-refractivity contribution is 6.47. The number of esters is 1. The largest absolute Gasteiger partial charge is 0.461 e. The lowest BCUT2D eigenvalue weighted by Crippen LogP contribution is -2.19.